The van der Waals surface area contributed by atoms with Crippen LogP contribution < -0.4 is 15.8 Å². The van der Waals surface area contributed by atoms with Gasteiger partial charge in [0.2, 0.25) is 0 Å². The second-order valence-corrected chi connectivity index (χ2v) is 4.88. The first kappa shape index (κ1) is 14.5. The number of halogens is 2. The van der Waals surface area contributed by atoms with E-state index < -0.39 is 0 Å². The van der Waals surface area contributed by atoms with Gasteiger partial charge in [-0.15, -0.1) is 0 Å². The van der Waals surface area contributed by atoms with Gasteiger partial charge in [-0.1, -0.05) is 23.2 Å². The molecule has 1 amide bonds. The largest absolute Gasteiger partial charge is 0.496 e. The molecular weight excluding hydrogens is 299 g/mol. The molecule has 0 heterocycles. The van der Waals surface area contributed by atoms with E-state index in [1.165, 1.54) is 7.11 Å². The van der Waals surface area contributed by atoms with Crippen LogP contribution in [-0.2, 0) is 0 Å². The van der Waals surface area contributed by atoms with Crippen LogP contribution in [0.3, 0.4) is 0 Å². The van der Waals surface area contributed by atoms with Crippen molar-refractivity contribution in [3.63, 3.8) is 0 Å². The Morgan fingerprint density at radius 3 is 2.60 bits per heavy atom. The number of hydrogen-bond acceptors (Lipinski definition) is 3. The van der Waals surface area contributed by atoms with E-state index in [-0.39, 0.29) is 5.91 Å². The van der Waals surface area contributed by atoms with Crippen molar-refractivity contribution in [2.45, 2.75) is 0 Å². The number of hydrogen-bond donors (Lipinski definition) is 2. The predicted molar refractivity (Wildman–Crippen MR) is 81.8 cm³/mol. The van der Waals surface area contributed by atoms with Crippen LogP contribution in [0.5, 0.6) is 5.75 Å². The van der Waals surface area contributed by atoms with Crippen LogP contribution in [0.1, 0.15) is 10.4 Å². The Bertz CT molecular complexity index is 660. The molecule has 0 fully saturated rings. The molecule has 0 unspecified atom stereocenters. The third-order valence-corrected chi connectivity index (χ3v) is 3.23. The highest BCUT2D eigenvalue weighted by Gasteiger charge is 2.13. The molecule has 2 aromatic carbocycles. The Balaban J connectivity index is 2.25. The van der Waals surface area contributed by atoms with Crippen molar-refractivity contribution >= 4 is 40.5 Å². The minimum absolute atomic E-state index is 0.320. The van der Waals surface area contributed by atoms with Crippen molar-refractivity contribution in [2.75, 3.05) is 18.2 Å². The molecule has 4 nitrogen and oxygen atoms in total. The monoisotopic (exact) mass is 310 g/mol. The van der Waals surface area contributed by atoms with E-state index in [2.05, 4.69) is 5.32 Å². The first-order chi connectivity index (χ1) is 9.51. The van der Waals surface area contributed by atoms with E-state index in [4.69, 9.17) is 33.7 Å². The van der Waals surface area contributed by atoms with Gasteiger partial charge in [-0.2, -0.15) is 0 Å². The van der Waals surface area contributed by atoms with E-state index in [9.17, 15) is 4.79 Å². The molecule has 2 aromatic rings. The Kier molecular flexibility index (Phi) is 4.37. The molecule has 6 heteroatoms. The van der Waals surface area contributed by atoms with Gasteiger partial charge in [0, 0.05) is 10.7 Å². The van der Waals surface area contributed by atoms with Crippen LogP contribution in [0, 0.1) is 0 Å². The van der Waals surface area contributed by atoms with Gasteiger partial charge in [-0.3, -0.25) is 4.79 Å². The summed E-state index contributed by atoms with van der Waals surface area (Å²) in [4.78, 5) is 12.2. The lowest BCUT2D eigenvalue weighted by Crippen LogP contribution is -2.13. The summed E-state index contributed by atoms with van der Waals surface area (Å²) in [5.74, 6) is 0.0795. The van der Waals surface area contributed by atoms with Gasteiger partial charge in [-0.05, 0) is 36.4 Å². The lowest BCUT2D eigenvalue weighted by molar-refractivity contribution is 0.102. The zero-order valence-electron chi connectivity index (χ0n) is 10.6. The fraction of sp³-hybridized carbons (Fsp3) is 0.0714. The van der Waals surface area contributed by atoms with Crippen molar-refractivity contribution in [2.24, 2.45) is 0 Å². The minimum atomic E-state index is -0.320. The minimum Gasteiger partial charge on any atom is -0.496 e. The van der Waals surface area contributed by atoms with Gasteiger partial charge < -0.3 is 15.8 Å². The number of rotatable bonds is 3. The lowest BCUT2D eigenvalue weighted by Gasteiger charge is -2.10. The molecule has 20 heavy (non-hydrogen) atoms. The number of methoxy groups -OCH3 is 1. The summed E-state index contributed by atoms with van der Waals surface area (Å²) in [7, 11) is 1.47. The van der Waals surface area contributed by atoms with Crippen molar-refractivity contribution < 1.29 is 9.53 Å². The third-order valence-electron chi connectivity index (χ3n) is 2.67. The zero-order valence-corrected chi connectivity index (χ0v) is 12.1. The number of ether oxygens (including phenoxy) is 1. The normalized spacial score (nSPS) is 10.2. The molecule has 0 saturated heterocycles. The van der Waals surface area contributed by atoms with Gasteiger partial charge in [0.1, 0.15) is 5.75 Å². The standard InChI is InChI=1S/C14H12Cl2N2O2/c1-20-13-6-8(15)2-4-10(13)14(19)18-9-3-5-12(17)11(16)7-9/h2-7H,17H2,1H3,(H,18,19). The van der Waals surface area contributed by atoms with Crippen molar-refractivity contribution in [3.05, 3.63) is 52.0 Å². The highest BCUT2D eigenvalue weighted by Crippen LogP contribution is 2.26. The topological polar surface area (TPSA) is 64.3 Å². The Hall–Kier alpha value is -1.91. The molecule has 0 aliphatic carbocycles. The first-order valence-electron chi connectivity index (χ1n) is 5.71. The summed E-state index contributed by atoms with van der Waals surface area (Å²) in [5, 5.41) is 3.59. The fourth-order valence-electron chi connectivity index (χ4n) is 1.66. The van der Waals surface area contributed by atoms with E-state index in [1.807, 2.05) is 0 Å². The maximum Gasteiger partial charge on any atom is 0.259 e. The van der Waals surface area contributed by atoms with Crippen molar-refractivity contribution in [3.8, 4) is 5.75 Å². The van der Waals surface area contributed by atoms with Gasteiger partial charge in [-0.25, -0.2) is 0 Å². The highest BCUT2D eigenvalue weighted by molar-refractivity contribution is 6.33. The molecule has 2 rings (SSSR count). The van der Waals surface area contributed by atoms with E-state index in [1.54, 1.807) is 36.4 Å². The molecule has 104 valence electrons. The number of nitrogen functional groups attached to an aromatic ring is 1. The van der Waals surface area contributed by atoms with E-state index in [0.29, 0.717) is 32.7 Å². The fourth-order valence-corrected chi connectivity index (χ4v) is 2.00. The van der Waals surface area contributed by atoms with Gasteiger partial charge in [0.15, 0.2) is 0 Å². The number of nitrogens with two attached hydrogens (primary N) is 1. The maximum absolute atomic E-state index is 12.2. The summed E-state index contributed by atoms with van der Waals surface area (Å²) >= 11 is 11.8. The van der Waals surface area contributed by atoms with Gasteiger partial charge in [0.05, 0.1) is 23.4 Å². The summed E-state index contributed by atoms with van der Waals surface area (Å²) in [5.41, 5.74) is 6.99. The number of nitrogens with one attached hydrogen (secondary N) is 1. The summed E-state index contributed by atoms with van der Waals surface area (Å²) in [6, 6.07) is 9.66. The van der Waals surface area contributed by atoms with Gasteiger partial charge >= 0.3 is 0 Å². The maximum atomic E-state index is 12.2. The second-order valence-electron chi connectivity index (χ2n) is 4.04. The SMILES string of the molecule is COc1cc(Cl)ccc1C(=O)Nc1ccc(N)c(Cl)c1. The number of benzene rings is 2. The van der Waals surface area contributed by atoms with Crippen LogP contribution in [0.2, 0.25) is 10.0 Å². The van der Waals surface area contributed by atoms with Crippen LogP contribution >= 0.6 is 23.2 Å². The average molecular weight is 311 g/mol. The molecule has 3 N–H and O–H groups in total. The van der Waals surface area contributed by atoms with E-state index in [0.717, 1.165) is 0 Å². The van der Waals surface area contributed by atoms with Crippen molar-refractivity contribution in [1.29, 1.82) is 0 Å². The molecule has 0 aromatic heterocycles. The molecule has 0 aliphatic heterocycles. The summed E-state index contributed by atoms with van der Waals surface area (Å²) in [6.45, 7) is 0. The molecule has 0 spiro atoms. The Morgan fingerprint density at radius 1 is 1.20 bits per heavy atom. The second kappa shape index (κ2) is 6.03. The predicted octanol–water partition coefficient (Wildman–Crippen LogP) is 3.84. The number of amides is 1. The Morgan fingerprint density at radius 2 is 1.95 bits per heavy atom. The van der Waals surface area contributed by atoms with Crippen LogP contribution in [0.25, 0.3) is 0 Å². The zero-order chi connectivity index (χ0) is 14.7. The number of carbonyl (C=O) groups is 1. The average Bonchev–Trinajstić information content (AvgIpc) is 2.42. The third kappa shape index (κ3) is 3.15. The molecule has 0 bridgehead atoms. The molecule has 0 radical (unpaired) electrons. The Labute approximate surface area is 126 Å². The van der Waals surface area contributed by atoms with Gasteiger partial charge in [0.25, 0.3) is 5.91 Å². The molecule has 0 atom stereocenters. The number of anilines is 2. The number of carbonyl (C=O) groups excluding carboxylic acids is 1. The smallest absolute Gasteiger partial charge is 0.259 e. The van der Waals surface area contributed by atoms with Crippen LogP contribution in [0.15, 0.2) is 36.4 Å². The van der Waals surface area contributed by atoms with Crippen molar-refractivity contribution in [1.82, 2.24) is 0 Å². The van der Waals surface area contributed by atoms with E-state index >= 15 is 0 Å². The first-order valence-corrected chi connectivity index (χ1v) is 6.47. The summed E-state index contributed by atoms with van der Waals surface area (Å²) < 4.78 is 5.14. The molecule has 0 saturated carbocycles. The van der Waals surface area contributed by atoms with Crippen LogP contribution in [-0.4, -0.2) is 13.0 Å². The highest BCUT2D eigenvalue weighted by atomic mass is 35.5. The summed E-state index contributed by atoms with van der Waals surface area (Å²) in [6.07, 6.45) is 0. The lowest BCUT2D eigenvalue weighted by atomic mass is 10.2. The quantitative estimate of drug-likeness (QED) is 0.847. The molecule has 0 aliphatic rings. The molecular formula is C14H12Cl2N2O2. The van der Waals surface area contributed by atoms with Crippen LogP contribution in [0.4, 0.5) is 11.4 Å².